The molecule has 5 nitrogen and oxygen atoms in total. The molecule has 0 saturated heterocycles. The van der Waals surface area contributed by atoms with Crippen LogP contribution in [0.1, 0.15) is 30.1 Å². The van der Waals surface area contributed by atoms with Crippen molar-refractivity contribution in [3.8, 4) is 0 Å². The van der Waals surface area contributed by atoms with Crippen molar-refractivity contribution in [1.29, 1.82) is 0 Å². The van der Waals surface area contributed by atoms with Crippen LogP contribution in [0.15, 0.2) is 6.20 Å². The molecule has 0 aliphatic rings. The molecule has 92 valence electrons. The Labute approximate surface area is 105 Å². The van der Waals surface area contributed by atoms with E-state index in [9.17, 15) is 0 Å². The van der Waals surface area contributed by atoms with Crippen molar-refractivity contribution in [3.05, 3.63) is 22.5 Å². The van der Waals surface area contributed by atoms with Gasteiger partial charge in [-0.3, -0.25) is 4.68 Å². The highest BCUT2D eigenvalue weighted by Crippen LogP contribution is 2.17. The van der Waals surface area contributed by atoms with Gasteiger partial charge in [-0.05, 0) is 12.8 Å². The lowest BCUT2D eigenvalue weighted by Crippen LogP contribution is -2.00. The molecular weight excluding hydrogens is 234 g/mol. The molecule has 0 atom stereocenters. The quantitative estimate of drug-likeness (QED) is 0.883. The minimum atomic E-state index is 0.759. The third kappa shape index (κ3) is 2.82. The summed E-state index contributed by atoms with van der Waals surface area (Å²) in [6.45, 7) is 4.96. The summed E-state index contributed by atoms with van der Waals surface area (Å²) >= 11 is 1.61. The van der Waals surface area contributed by atoms with Gasteiger partial charge in [-0.2, -0.15) is 5.10 Å². The van der Waals surface area contributed by atoms with E-state index in [0.29, 0.717) is 0 Å². The van der Waals surface area contributed by atoms with Crippen LogP contribution >= 0.6 is 11.3 Å². The molecule has 0 unspecified atom stereocenters. The fourth-order valence-corrected chi connectivity index (χ4v) is 2.34. The molecule has 1 N–H and O–H groups in total. The molecule has 0 amide bonds. The number of anilines is 1. The van der Waals surface area contributed by atoms with Crippen molar-refractivity contribution in [1.82, 2.24) is 20.0 Å². The first-order valence-corrected chi connectivity index (χ1v) is 6.62. The lowest BCUT2D eigenvalue weighted by atomic mass is 10.2. The molecule has 2 rings (SSSR count). The SMILES string of the molecule is CCc1nnc(NCc2cn(C)nc2CC)s1. The third-order valence-electron chi connectivity index (χ3n) is 2.53. The lowest BCUT2D eigenvalue weighted by molar-refractivity contribution is 0.746. The Kier molecular flexibility index (Phi) is 3.73. The Hall–Kier alpha value is -1.43. The van der Waals surface area contributed by atoms with E-state index in [1.165, 1.54) is 5.56 Å². The Bertz CT molecular complexity index is 488. The summed E-state index contributed by atoms with van der Waals surface area (Å²) in [6, 6.07) is 0. The number of aromatic nitrogens is 4. The molecule has 0 aliphatic heterocycles. The van der Waals surface area contributed by atoms with Crippen LogP contribution in [0.4, 0.5) is 5.13 Å². The Morgan fingerprint density at radius 2 is 2.12 bits per heavy atom. The molecule has 6 heteroatoms. The molecule has 0 radical (unpaired) electrons. The number of rotatable bonds is 5. The van der Waals surface area contributed by atoms with Crippen molar-refractivity contribution >= 4 is 16.5 Å². The fraction of sp³-hybridized carbons (Fsp3) is 0.545. The largest absolute Gasteiger partial charge is 0.356 e. The van der Waals surface area contributed by atoms with Crippen LogP contribution in [0.25, 0.3) is 0 Å². The lowest BCUT2D eigenvalue weighted by Gasteiger charge is -2.00. The highest BCUT2D eigenvalue weighted by atomic mass is 32.1. The van der Waals surface area contributed by atoms with Gasteiger partial charge in [0.25, 0.3) is 0 Å². The Morgan fingerprint density at radius 3 is 2.76 bits per heavy atom. The van der Waals surface area contributed by atoms with Crippen molar-refractivity contribution in [2.75, 3.05) is 5.32 Å². The summed E-state index contributed by atoms with van der Waals surface area (Å²) in [5.41, 5.74) is 2.36. The van der Waals surface area contributed by atoms with E-state index in [1.807, 2.05) is 17.9 Å². The molecule has 0 bridgehead atoms. The molecule has 0 aromatic carbocycles. The Morgan fingerprint density at radius 1 is 1.29 bits per heavy atom. The average Bonchev–Trinajstić information content (AvgIpc) is 2.92. The summed E-state index contributed by atoms with van der Waals surface area (Å²) in [6.07, 6.45) is 3.94. The van der Waals surface area contributed by atoms with Crippen LogP contribution in [0.3, 0.4) is 0 Å². The standard InChI is InChI=1S/C11H17N5S/c1-4-9-8(7-16(3)15-9)6-12-11-14-13-10(5-2)17-11/h7H,4-6H2,1-3H3,(H,12,14). The van der Waals surface area contributed by atoms with Crippen molar-refractivity contribution in [3.63, 3.8) is 0 Å². The van der Waals surface area contributed by atoms with E-state index >= 15 is 0 Å². The molecule has 17 heavy (non-hydrogen) atoms. The van der Waals surface area contributed by atoms with E-state index in [1.54, 1.807) is 11.3 Å². The zero-order valence-electron chi connectivity index (χ0n) is 10.4. The number of nitrogens with zero attached hydrogens (tertiary/aromatic N) is 4. The summed E-state index contributed by atoms with van der Waals surface area (Å²) in [7, 11) is 1.95. The van der Waals surface area contributed by atoms with E-state index in [-0.39, 0.29) is 0 Å². The predicted molar refractivity (Wildman–Crippen MR) is 69.2 cm³/mol. The van der Waals surface area contributed by atoms with E-state index in [2.05, 4.69) is 34.5 Å². The second-order valence-electron chi connectivity index (χ2n) is 3.84. The number of hydrogen-bond acceptors (Lipinski definition) is 5. The van der Waals surface area contributed by atoms with Gasteiger partial charge in [0, 0.05) is 25.4 Å². The molecule has 0 fully saturated rings. The van der Waals surface area contributed by atoms with Crippen LogP contribution in [0, 0.1) is 0 Å². The number of aryl methyl sites for hydroxylation is 3. The fourth-order valence-electron chi connectivity index (χ4n) is 1.67. The third-order valence-corrected chi connectivity index (χ3v) is 3.55. The first-order chi connectivity index (χ1) is 8.22. The van der Waals surface area contributed by atoms with Crippen LogP contribution in [-0.4, -0.2) is 20.0 Å². The highest BCUT2D eigenvalue weighted by molar-refractivity contribution is 7.15. The van der Waals surface area contributed by atoms with Gasteiger partial charge in [-0.15, -0.1) is 10.2 Å². The van der Waals surface area contributed by atoms with Crippen LogP contribution in [0.2, 0.25) is 0 Å². The molecule has 0 spiro atoms. The summed E-state index contributed by atoms with van der Waals surface area (Å²) in [5.74, 6) is 0. The van der Waals surface area contributed by atoms with Gasteiger partial charge in [-0.25, -0.2) is 0 Å². The van der Waals surface area contributed by atoms with Gasteiger partial charge in [0.05, 0.1) is 5.69 Å². The van der Waals surface area contributed by atoms with E-state index in [4.69, 9.17) is 0 Å². The molecule has 0 saturated carbocycles. The Balaban J connectivity index is 2.01. The molecule has 2 heterocycles. The molecule has 2 aromatic heterocycles. The smallest absolute Gasteiger partial charge is 0.205 e. The van der Waals surface area contributed by atoms with Crippen molar-refractivity contribution < 1.29 is 0 Å². The highest BCUT2D eigenvalue weighted by Gasteiger charge is 2.07. The second-order valence-corrected chi connectivity index (χ2v) is 4.90. The average molecular weight is 251 g/mol. The van der Waals surface area contributed by atoms with Gasteiger partial charge < -0.3 is 5.32 Å². The maximum Gasteiger partial charge on any atom is 0.205 e. The monoisotopic (exact) mass is 251 g/mol. The zero-order chi connectivity index (χ0) is 12.3. The number of hydrogen-bond donors (Lipinski definition) is 1. The second kappa shape index (κ2) is 5.27. The number of nitrogens with one attached hydrogen (secondary N) is 1. The van der Waals surface area contributed by atoms with Crippen molar-refractivity contribution in [2.24, 2.45) is 7.05 Å². The summed E-state index contributed by atoms with van der Waals surface area (Å²) < 4.78 is 1.85. The summed E-state index contributed by atoms with van der Waals surface area (Å²) in [4.78, 5) is 0. The molecule has 0 aliphatic carbocycles. The maximum atomic E-state index is 4.41. The predicted octanol–water partition coefficient (Wildman–Crippen LogP) is 2.01. The van der Waals surface area contributed by atoms with Gasteiger partial charge in [0.15, 0.2) is 0 Å². The normalized spacial score (nSPS) is 10.8. The van der Waals surface area contributed by atoms with Gasteiger partial charge >= 0.3 is 0 Å². The van der Waals surface area contributed by atoms with Gasteiger partial charge in [-0.1, -0.05) is 25.2 Å². The van der Waals surface area contributed by atoms with Gasteiger partial charge in [0.1, 0.15) is 5.01 Å². The first kappa shape index (κ1) is 12.0. The van der Waals surface area contributed by atoms with E-state index in [0.717, 1.165) is 35.2 Å². The summed E-state index contributed by atoms with van der Waals surface area (Å²) in [5, 5.41) is 17.8. The topological polar surface area (TPSA) is 55.6 Å². The van der Waals surface area contributed by atoms with Crippen molar-refractivity contribution in [2.45, 2.75) is 33.2 Å². The zero-order valence-corrected chi connectivity index (χ0v) is 11.2. The maximum absolute atomic E-state index is 4.41. The van der Waals surface area contributed by atoms with Crippen LogP contribution in [-0.2, 0) is 26.4 Å². The first-order valence-electron chi connectivity index (χ1n) is 5.80. The van der Waals surface area contributed by atoms with E-state index < -0.39 is 0 Å². The minimum absolute atomic E-state index is 0.759. The van der Waals surface area contributed by atoms with Gasteiger partial charge in [0.2, 0.25) is 5.13 Å². The molecular formula is C11H17N5S. The molecule has 2 aromatic rings. The minimum Gasteiger partial charge on any atom is -0.356 e. The van der Waals surface area contributed by atoms with Crippen LogP contribution < -0.4 is 5.32 Å². The van der Waals surface area contributed by atoms with Crippen LogP contribution in [0.5, 0.6) is 0 Å².